The SMILES string of the molecule is CCN(CC)CCN(C(=O)/C=C/c1cccs1)c1nc2c(OC)ccc(Cl)c2s1.Cl. The maximum Gasteiger partial charge on any atom is 0.252 e. The molecule has 1 aromatic carbocycles. The van der Waals surface area contributed by atoms with Gasteiger partial charge in [-0.3, -0.25) is 9.69 Å². The van der Waals surface area contributed by atoms with Crippen LogP contribution in [-0.4, -0.2) is 49.1 Å². The molecule has 2 heterocycles. The number of methoxy groups -OCH3 is 1. The third-order valence-electron chi connectivity index (χ3n) is 4.63. The molecule has 162 valence electrons. The van der Waals surface area contributed by atoms with Gasteiger partial charge in [-0.15, -0.1) is 23.7 Å². The Morgan fingerprint density at radius 3 is 2.63 bits per heavy atom. The highest BCUT2D eigenvalue weighted by Crippen LogP contribution is 2.38. The van der Waals surface area contributed by atoms with Crippen molar-refractivity contribution in [2.24, 2.45) is 0 Å². The zero-order valence-corrected chi connectivity index (χ0v) is 20.3. The quantitative estimate of drug-likeness (QED) is 0.357. The summed E-state index contributed by atoms with van der Waals surface area (Å²) in [7, 11) is 1.61. The molecule has 0 unspecified atom stereocenters. The first-order valence-electron chi connectivity index (χ1n) is 9.45. The Kier molecular flexibility index (Phi) is 9.58. The lowest BCUT2D eigenvalue weighted by Gasteiger charge is -2.23. The van der Waals surface area contributed by atoms with Crippen LogP contribution in [-0.2, 0) is 4.79 Å². The van der Waals surface area contributed by atoms with Gasteiger partial charge in [-0.25, -0.2) is 4.98 Å². The summed E-state index contributed by atoms with van der Waals surface area (Å²) in [6.07, 6.45) is 3.46. The second-order valence-electron chi connectivity index (χ2n) is 6.29. The monoisotopic (exact) mass is 485 g/mol. The molecule has 0 bridgehead atoms. The van der Waals surface area contributed by atoms with Crippen LogP contribution < -0.4 is 9.64 Å². The van der Waals surface area contributed by atoms with Crippen molar-refractivity contribution in [2.45, 2.75) is 13.8 Å². The van der Waals surface area contributed by atoms with E-state index in [2.05, 4.69) is 18.7 Å². The summed E-state index contributed by atoms with van der Waals surface area (Å²) in [4.78, 5) is 22.8. The van der Waals surface area contributed by atoms with Crippen molar-refractivity contribution in [1.82, 2.24) is 9.88 Å². The summed E-state index contributed by atoms with van der Waals surface area (Å²) in [6.45, 7) is 7.43. The van der Waals surface area contributed by atoms with Gasteiger partial charge in [0, 0.05) is 24.0 Å². The molecule has 0 aliphatic heterocycles. The number of hydrogen-bond acceptors (Lipinski definition) is 6. The Morgan fingerprint density at radius 1 is 1.23 bits per heavy atom. The predicted octanol–water partition coefficient (Wildman–Crippen LogP) is 5.83. The van der Waals surface area contributed by atoms with Gasteiger partial charge >= 0.3 is 0 Å². The summed E-state index contributed by atoms with van der Waals surface area (Å²) in [5, 5.41) is 3.22. The van der Waals surface area contributed by atoms with Gasteiger partial charge in [0.15, 0.2) is 5.13 Å². The molecule has 0 aliphatic rings. The number of halogens is 2. The van der Waals surface area contributed by atoms with Gasteiger partial charge in [0.1, 0.15) is 11.3 Å². The number of thiophene rings is 1. The third-order valence-corrected chi connectivity index (χ3v) is 7.01. The molecular weight excluding hydrogens is 461 g/mol. The number of carbonyl (C=O) groups is 1. The number of rotatable bonds is 9. The lowest BCUT2D eigenvalue weighted by molar-refractivity contribution is -0.114. The molecule has 0 radical (unpaired) electrons. The fourth-order valence-corrected chi connectivity index (χ4v) is 4.84. The molecule has 0 aliphatic carbocycles. The van der Waals surface area contributed by atoms with Crippen molar-refractivity contribution >= 4 is 74.0 Å². The van der Waals surface area contributed by atoms with E-state index in [-0.39, 0.29) is 18.3 Å². The van der Waals surface area contributed by atoms with Crippen molar-refractivity contribution in [3.8, 4) is 5.75 Å². The molecule has 0 atom stereocenters. The van der Waals surface area contributed by atoms with E-state index in [1.807, 2.05) is 23.6 Å². The van der Waals surface area contributed by atoms with Gasteiger partial charge in [-0.2, -0.15) is 0 Å². The molecule has 1 amide bonds. The second kappa shape index (κ2) is 11.7. The first-order chi connectivity index (χ1) is 14.1. The van der Waals surface area contributed by atoms with Crippen LogP contribution in [0.5, 0.6) is 5.75 Å². The van der Waals surface area contributed by atoms with Crippen LogP contribution in [0.1, 0.15) is 18.7 Å². The van der Waals surface area contributed by atoms with E-state index < -0.39 is 0 Å². The lowest BCUT2D eigenvalue weighted by Crippen LogP contribution is -2.38. The number of aromatic nitrogens is 1. The van der Waals surface area contributed by atoms with Crippen LogP contribution in [0.3, 0.4) is 0 Å². The van der Waals surface area contributed by atoms with Crippen molar-refractivity contribution in [1.29, 1.82) is 0 Å². The minimum absolute atomic E-state index is 0. The number of fused-ring (bicyclic) bond motifs is 1. The van der Waals surface area contributed by atoms with E-state index >= 15 is 0 Å². The van der Waals surface area contributed by atoms with E-state index in [0.29, 0.717) is 28.0 Å². The summed E-state index contributed by atoms with van der Waals surface area (Å²) >= 11 is 9.38. The number of amides is 1. The fourth-order valence-electron chi connectivity index (χ4n) is 2.93. The minimum Gasteiger partial charge on any atom is -0.494 e. The number of thiazole rings is 1. The maximum absolute atomic E-state index is 13.1. The van der Waals surface area contributed by atoms with E-state index in [1.165, 1.54) is 11.3 Å². The van der Waals surface area contributed by atoms with E-state index in [4.69, 9.17) is 21.3 Å². The summed E-state index contributed by atoms with van der Waals surface area (Å²) < 4.78 is 6.25. The van der Waals surface area contributed by atoms with Crippen molar-refractivity contribution in [3.05, 3.63) is 45.6 Å². The van der Waals surface area contributed by atoms with Gasteiger partial charge in [-0.1, -0.05) is 42.9 Å². The molecule has 0 saturated carbocycles. The highest BCUT2D eigenvalue weighted by atomic mass is 35.5. The van der Waals surface area contributed by atoms with Gasteiger partial charge in [0.05, 0.1) is 16.8 Å². The number of benzene rings is 1. The molecule has 3 rings (SSSR count). The van der Waals surface area contributed by atoms with Crippen LogP contribution in [0.2, 0.25) is 5.02 Å². The summed E-state index contributed by atoms with van der Waals surface area (Å²) in [5.41, 5.74) is 0.683. The number of carbonyl (C=O) groups excluding carboxylic acids is 1. The molecule has 0 fully saturated rings. The first kappa shape index (κ1) is 24.6. The van der Waals surface area contributed by atoms with Crippen LogP contribution >= 0.6 is 46.7 Å². The van der Waals surface area contributed by atoms with E-state index in [1.54, 1.807) is 41.6 Å². The predicted molar refractivity (Wildman–Crippen MR) is 132 cm³/mol. The number of ether oxygens (including phenoxy) is 1. The molecule has 0 spiro atoms. The Morgan fingerprint density at radius 2 is 2.00 bits per heavy atom. The van der Waals surface area contributed by atoms with E-state index in [0.717, 1.165) is 29.2 Å². The van der Waals surface area contributed by atoms with Gasteiger partial charge in [0.25, 0.3) is 5.91 Å². The summed E-state index contributed by atoms with van der Waals surface area (Å²) in [5.74, 6) is 0.553. The van der Waals surface area contributed by atoms with Crippen LogP contribution in [0.25, 0.3) is 16.3 Å². The molecular formula is C21H25Cl2N3O2S2. The molecule has 5 nitrogen and oxygen atoms in total. The topological polar surface area (TPSA) is 45.7 Å². The average Bonchev–Trinajstić information content (AvgIpc) is 3.40. The Bertz CT molecular complexity index is 986. The molecule has 2 aromatic heterocycles. The number of anilines is 1. The normalized spacial score (nSPS) is 11.2. The smallest absolute Gasteiger partial charge is 0.252 e. The zero-order valence-electron chi connectivity index (χ0n) is 17.1. The van der Waals surface area contributed by atoms with Crippen LogP contribution in [0, 0.1) is 0 Å². The van der Waals surface area contributed by atoms with Gasteiger partial charge in [0.2, 0.25) is 0 Å². The average molecular weight is 486 g/mol. The van der Waals surface area contributed by atoms with Gasteiger partial charge < -0.3 is 9.64 Å². The molecule has 0 saturated heterocycles. The maximum atomic E-state index is 13.1. The lowest BCUT2D eigenvalue weighted by atomic mass is 10.3. The standard InChI is InChI=1S/C21H24ClN3O2S2.ClH/c1-4-24(5-2)12-13-25(18(26)11-8-15-7-6-14-28-15)21-23-19-17(27-3)10-9-16(22)20(19)29-21;/h6-11,14H,4-5,12-13H2,1-3H3;1H/b11-8+;. The molecule has 30 heavy (non-hydrogen) atoms. The van der Waals surface area contributed by atoms with Crippen LogP contribution in [0.4, 0.5) is 5.13 Å². The molecule has 0 N–H and O–H groups in total. The Hall–Kier alpha value is -1.64. The summed E-state index contributed by atoms with van der Waals surface area (Å²) in [6, 6.07) is 7.54. The Balaban J connectivity index is 0.00000320. The number of nitrogens with zero attached hydrogens (tertiary/aromatic N) is 3. The highest BCUT2D eigenvalue weighted by Gasteiger charge is 2.21. The number of likely N-dealkylation sites (N-methyl/N-ethyl adjacent to an activating group) is 1. The fraction of sp³-hybridized carbons (Fsp3) is 0.333. The molecule has 9 heteroatoms. The number of hydrogen-bond donors (Lipinski definition) is 0. The van der Waals surface area contributed by atoms with Crippen molar-refractivity contribution in [3.63, 3.8) is 0 Å². The Labute approximate surface area is 196 Å². The van der Waals surface area contributed by atoms with Gasteiger partial charge in [-0.05, 0) is 42.7 Å². The largest absolute Gasteiger partial charge is 0.494 e. The van der Waals surface area contributed by atoms with Crippen molar-refractivity contribution in [2.75, 3.05) is 38.2 Å². The molecule has 3 aromatic rings. The minimum atomic E-state index is -0.0975. The van der Waals surface area contributed by atoms with Crippen LogP contribution in [0.15, 0.2) is 35.7 Å². The third kappa shape index (κ3) is 5.74. The van der Waals surface area contributed by atoms with E-state index in [9.17, 15) is 4.79 Å². The highest BCUT2D eigenvalue weighted by molar-refractivity contribution is 7.23. The first-order valence-corrected chi connectivity index (χ1v) is 11.5. The second-order valence-corrected chi connectivity index (χ2v) is 8.65. The zero-order chi connectivity index (χ0) is 20.8. The van der Waals surface area contributed by atoms with Crippen molar-refractivity contribution < 1.29 is 9.53 Å².